The molecule has 15 heavy (non-hydrogen) atoms. The van der Waals surface area contributed by atoms with Crippen molar-refractivity contribution < 1.29 is 9.90 Å². The number of carboxylic acids is 1. The first kappa shape index (κ1) is 10.5. The highest BCUT2D eigenvalue weighted by Gasteiger charge is 2.33. The van der Waals surface area contributed by atoms with Gasteiger partial charge in [0.15, 0.2) is 0 Å². The highest BCUT2D eigenvalue weighted by molar-refractivity contribution is 6.32. The van der Waals surface area contributed by atoms with Gasteiger partial charge in [0.1, 0.15) is 10.7 Å². The number of aromatic nitrogens is 2. The molecule has 0 bridgehead atoms. The van der Waals surface area contributed by atoms with Gasteiger partial charge in [0.25, 0.3) is 0 Å². The molecule has 1 fully saturated rings. The van der Waals surface area contributed by atoms with Crippen LogP contribution in [0.3, 0.4) is 0 Å². The van der Waals surface area contributed by atoms with Gasteiger partial charge in [-0.05, 0) is 19.3 Å². The first-order valence-electron chi connectivity index (χ1n) is 5.14. The molecule has 0 aromatic carbocycles. The van der Waals surface area contributed by atoms with Gasteiger partial charge in [0.05, 0.1) is 5.69 Å². The topological polar surface area (TPSA) is 55.1 Å². The molecule has 0 saturated heterocycles. The highest BCUT2D eigenvalue weighted by Crippen LogP contribution is 2.42. The normalized spacial score (nSPS) is 15.6. The molecule has 1 saturated carbocycles. The van der Waals surface area contributed by atoms with Gasteiger partial charge in [-0.1, -0.05) is 18.5 Å². The fourth-order valence-electron chi connectivity index (χ4n) is 1.66. The van der Waals surface area contributed by atoms with E-state index in [9.17, 15) is 4.79 Å². The Bertz CT molecular complexity index is 396. The van der Waals surface area contributed by atoms with Crippen molar-refractivity contribution in [1.29, 1.82) is 0 Å². The Hall–Kier alpha value is -1.03. The Labute approximate surface area is 92.8 Å². The van der Waals surface area contributed by atoms with Crippen LogP contribution < -0.4 is 0 Å². The molecule has 0 spiro atoms. The maximum atomic E-state index is 11.1. The van der Waals surface area contributed by atoms with Gasteiger partial charge in [-0.25, -0.2) is 4.79 Å². The SMILES string of the molecule is CCCn1nc(C2CC2)c(C(=O)O)c1Cl. The summed E-state index contributed by atoms with van der Waals surface area (Å²) in [6.07, 6.45) is 2.95. The molecule has 1 heterocycles. The van der Waals surface area contributed by atoms with Crippen molar-refractivity contribution in [1.82, 2.24) is 9.78 Å². The lowest BCUT2D eigenvalue weighted by atomic mass is 10.2. The molecule has 1 N–H and O–H groups in total. The smallest absolute Gasteiger partial charge is 0.340 e. The molecule has 0 radical (unpaired) electrons. The molecule has 5 heteroatoms. The third kappa shape index (κ3) is 1.86. The number of rotatable bonds is 4. The zero-order chi connectivity index (χ0) is 11.0. The van der Waals surface area contributed by atoms with Crippen molar-refractivity contribution >= 4 is 17.6 Å². The lowest BCUT2D eigenvalue weighted by molar-refractivity contribution is 0.0695. The molecule has 0 atom stereocenters. The third-order valence-electron chi connectivity index (χ3n) is 2.53. The molecule has 4 nitrogen and oxygen atoms in total. The molecular formula is C10H13ClN2O2. The Balaban J connectivity index is 2.43. The molecule has 1 aliphatic rings. The highest BCUT2D eigenvalue weighted by atomic mass is 35.5. The molecule has 1 aromatic rings. The summed E-state index contributed by atoms with van der Waals surface area (Å²) in [4.78, 5) is 11.1. The summed E-state index contributed by atoms with van der Waals surface area (Å²) in [6.45, 7) is 2.68. The Morgan fingerprint density at radius 1 is 1.67 bits per heavy atom. The fraction of sp³-hybridized carbons (Fsp3) is 0.600. The summed E-state index contributed by atoms with van der Waals surface area (Å²) in [6, 6.07) is 0. The number of carboxylic acid groups (broad SMARTS) is 1. The van der Waals surface area contributed by atoms with Gasteiger partial charge in [-0.3, -0.25) is 4.68 Å². The predicted octanol–water partition coefficient (Wildman–Crippen LogP) is 2.52. The van der Waals surface area contributed by atoms with E-state index in [-0.39, 0.29) is 10.7 Å². The van der Waals surface area contributed by atoms with Gasteiger partial charge >= 0.3 is 5.97 Å². The van der Waals surface area contributed by atoms with Crippen LogP contribution in [0.15, 0.2) is 0 Å². The van der Waals surface area contributed by atoms with Crippen LogP contribution >= 0.6 is 11.6 Å². The molecular weight excluding hydrogens is 216 g/mol. The standard InChI is InChI=1S/C10H13ClN2O2/c1-2-5-13-9(11)7(10(14)15)8(12-13)6-3-4-6/h6H,2-5H2,1H3,(H,14,15). The van der Waals surface area contributed by atoms with E-state index < -0.39 is 5.97 Å². The third-order valence-corrected chi connectivity index (χ3v) is 2.91. The van der Waals surface area contributed by atoms with E-state index in [1.165, 1.54) is 0 Å². The van der Waals surface area contributed by atoms with Crippen LogP contribution in [-0.4, -0.2) is 20.9 Å². The van der Waals surface area contributed by atoms with E-state index in [2.05, 4.69) is 5.10 Å². The van der Waals surface area contributed by atoms with Crippen molar-refractivity contribution in [2.24, 2.45) is 0 Å². The second-order valence-corrected chi connectivity index (χ2v) is 4.21. The van der Waals surface area contributed by atoms with E-state index in [1.807, 2.05) is 6.92 Å². The summed E-state index contributed by atoms with van der Waals surface area (Å²) in [5, 5.41) is 13.6. The quantitative estimate of drug-likeness (QED) is 0.862. The molecule has 0 aliphatic heterocycles. The van der Waals surface area contributed by atoms with Gasteiger partial charge < -0.3 is 5.11 Å². The average molecular weight is 229 g/mol. The van der Waals surface area contributed by atoms with E-state index in [0.717, 1.165) is 19.3 Å². The van der Waals surface area contributed by atoms with Crippen LogP contribution in [0, 0.1) is 0 Å². The molecule has 0 amide bonds. The summed E-state index contributed by atoms with van der Waals surface area (Å²) in [5.74, 6) is -0.657. The van der Waals surface area contributed by atoms with Crippen LogP contribution in [0.1, 0.15) is 48.2 Å². The lowest BCUT2D eigenvalue weighted by Gasteiger charge is -1.98. The number of hydrogen-bond donors (Lipinski definition) is 1. The monoisotopic (exact) mass is 228 g/mol. The minimum absolute atomic E-state index is 0.201. The van der Waals surface area contributed by atoms with E-state index in [1.54, 1.807) is 4.68 Å². The van der Waals surface area contributed by atoms with Gasteiger partial charge in [0, 0.05) is 12.5 Å². The van der Waals surface area contributed by atoms with Crippen LogP contribution in [0.25, 0.3) is 0 Å². The number of hydrogen-bond acceptors (Lipinski definition) is 2. The van der Waals surface area contributed by atoms with Gasteiger partial charge in [-0.15, -0.1) is 0 Å². The molecule has 2 rings (SSSR count). The first-order chi connectivity index (χ1) is 7.15. The van der Waals surface area contributed by atoms with Crippen molar-refractivity contribution in [3.63, 3.8) is 0 Å². The Morgan fingerprint density at radius 2 is 2.33 bits per heavy atom. The van der Waals surface area contributed by atoms with E-state index in [4.69, 9.17) is 16.7 Å². The first-order valence-corrected chi connectivity index (χ1v) is 5.52. The van der Waals surface area contributed by atoms with E-state index >= 15 is 0 Å². The predicted molar refractivity (Wildman–Crippen MR) is 56.5 cm³/mol. The minimum Gasteiger partial charge on any atom is -0.478 e. The van der Waals surface area contributed by atoms with Crippen molar-refractivity contribution in [3.8, 4) is 0 Å². The summed E-state index contributed by atoms with van der Waals surface area (Å²) in [5.41, 5.74) is 0.869. The largest absolute Gasteiger partial charge is 0.478 e. The molecule has 1 aliphatic carbocycles. The van der Waals surface area contributed by atoms with Crippen molar-refractivity contribution in [2.45, 2.75) is 38.6 Å². The van der Waals surface area contributed by atoms with Crippen LogP contribution in [0.5, 0.6) is 0 Å². The van der Waals surface area contributed by atoms with Crippen LogP contribution in [0.4, 0.5) is 0 Å². The number of nitrogens with zero attached hydrogens (tertiary/aromatic N) is 2. The number of aromatic carboxylic acids is 1. The average Bonchev–Trinajstić information content (AvgIpc) is 2.94. The lowest BCUT2D eigenvalue weighted by Crippen LogP contribution is -2.00. The molecule has 82 valence electrons. The van der Waals surface area contributed by atoms with E-state index in [0.29, 0.717) is 18.2 Å². The fourth-order valence-corrected chi connectivity index (χ4v) is 1.96. The minimum atomic E-state index is -0.968. The van der Waals surface area contributed by atoms with Crippen molar-refractivity contribution in [2.75, 3.05) is 0 Å². The van der Waals surface area contributed by atoms with Crippen LogP contribution in [0.2, 0.25) is 5.15 Å². The van der Waals surface area contributed by atoms with Gasteiger partial charge in [-0.2, -0.15) is 5.10 Å². The summed E-state index contributed by atoms with van der Waals surface area (Å²) < 4.78 is 1.60. The number of halogens is 1. The maximum Gasteiger partial charge on any atom is 0.340 e. The zero-order valence-corrected chi connectivity index (χ0v) is 9.29. The molecule has 0 unspecified atom stereocenters. The molecule has 1 aromatic heterocycles. The summed E-state index contributed by atoms with van der Waals surface area (Å²) in [7, 11) is 0. The number of aryl methyl sites for hydroxylation is 1. The Morgan fingerprint density at radius 3 is 2.80 bits per heavy atom. The van der Waals surface area contributed by atoms with Crippen LogP contribution in [-0.2, 0) is 6.54 Å². The second kappa shape index (κ2) is 3.85. The van der Waals surface area contributed by atoms with Crippen molar-refractivity contribution in [3.05, 3.63) is 16.4 Å². The Kier molecular flexibility index (Phi) is 2.69. The number of carbonyl (C=O) groups is 1. The summed E-state index contributed by atoms with van der Waals surface area (Å²) >= 11 is 5.99. The zero-order valence-electron chi connectivity index (χ0n) is 8.53. The second-order valence-electron chi connectivity index (χ2n) is 3.85. The van der Waals surface area contributed by atoms with Gasteiger partial charge in [0.2, 0.25) is 0 Å². The maximum absolute atomic E-state index is 11.1.